The Morgan fingerprint density at radius 1 is 1.16 bits per heavy atom. The first-order valence-electron chi connectivity index (χ1n) is 9.72. The number of carbonyl (C=O) groups excluding carboxylic acids is 2. The summed E-state index contributed by atoms with van der Waals surface area (Å²) in [6.07, 6.45) is 0. The summed E-state index contributed by atoms with van der Waals surface area (Å²) in [4.78, 5) is 35.6. The summed E-state index contributed by atoms with van der Waals surface area (Å²) in [6, 6.07) is 10.5. The monoisotopic (exact) mass is 425 g/mol. The molecule has 31 heavy (non-hydrogen) atoms. The van der Waals surface area contributed by atoms with Gasteiger partial charge in [0.05, 0.1) is 29.2 Å². The fourth-order valence-electron chi connectivity index (χ4n) is 3.46. The van der Waals surface area contributed by atoms with Gasteiger partial charge in [0.15, 0.2) is 17.3 Å². The van der Waals surface area contributed by atoms with Crippen LogP contribution in [0, 0.1) is 10.1 Å². The van der Waals surface area contributed by atoms with Gasteiger partial charge in [-0.25, -0.2) is 4.79 Å². The quantitative estimate of drug-likeness (QED) is 0.490. The summed E-state index contributed by atoms with van der Waals surface area (Å²) < 4.78 is 11.5. The van der Waals surface area contributed by atoms with Crippen molar-refractivity contribution in [3.05, 3.63) is 75.0 Å². The van der Waals surface area contributed by atoms with Gasteiger partial charge in [-0.15, -0.1) is 0 Å². The average Bonchev–Trinajstić information content (AvgIpc) is 2.72. The summed E-state index contributed by atoms with van der Waals surface area (Å²) in [5, 5.41) is 17.0. The maximum absolute atomic E-state index is 12.2. The number of nitrogens with zero attached hydrogens (tertiary/aromatic N) is 1. The van der Waals surface area contributed by atoms with Crippen LogP contribution in [0.1, 0.15) is 37.9 Å². The lowest BCUT2D eigenvalue weighted by Crippen LogP contribution is -2.44. The van der Waals surface area contributed by atoms with E-state index >= 15 is 0 Å². The van der Waals surface area contributed by atoms with E-state index in [0.29, 0.717) is 12.3 Å². The van der Waals surface area contributed by atoms with Crippen LogP contribution in [0.4, 0.5) is 10.5 Å². The molecule has 0 saturated carbocycles. The molecule has 0 fully saturated rings. The molecule has 1 aliphatic rings. The second-order valence-corrected chi connectivity index (χ2v) is 6.95. The third-order valence-corrected chi connectivity index (χ3v) is 4.79. The maximum atomic E-state index is 12.2. The molecule has 2 amide bonds. The fraction of sp³-hybridized carbons (Fsp3) is 0.273. The van der Waals surface area contributed by atoms with Gasteiger partial charge >= 0.3 is 6.03 Å². The maximum Gasteiger partial charge on any atom is 0.319 e. The van der Waals surface area contributed by atoms with Crippen LogP contribution in [0.25, 0.3) is 0 Å². The fourth-order valence-corrected chi connectivity index (χ4v) is 3.46. The lowest BCUT2D eigenvalue weighted by atomic mass is 9.91. The summed E-state index contributed by atoms with van der Waals surface area (Å²) in [5.74, 6) is 0.172. The third kappa shape index (κ3) is 4.82. The third-order valence-electron chi connectivity index (χ3n) is 4.79. The van der Waals surface area contributed by atoms with Crippen LogP contribution < -0.4 is 20.1 Å². The molecular weight excluding hydrogens is 402 g/mol. The van der Waals surface area contributed by atoms with Crippen molar-refractivity contribution in [2.24, 2.45) is 0 Å². The number of urea groups is 1. The van der Waals surface area contributed by atoms with Gasteiger partial charge in [-0.1, -0.05) is 30.3 Å². The zero-order valence-electron chi connectivity index (χ0n) is 17.4. The minimum absolute atomic E-state index is 0.139. The molecule has 1 heterocycles. The van der Waals surface area contributed by atoms with E-state index < -0.39 is 17.0 Å². The van der Waals surface area contributed by atoms with E-state index in [9.17, 15) is 19.7 Å². The van der Waals surface area contributed by atoms with Gasteiger partial charge in [0.1, 0.15) is 6.61 Å². The number of nitrogens with one attached hydrogen (secondary N) is 2. The molecule has 3 rings (SSSR count). The number of ether oxygens (including phenoxy) is 2. The van der Waals surface area contributed by atoms with E-state index in [2.05, 4.69) is 10.6 Å². The van der Waals surface area contributed by atoms with Gasteiger partial charge in [0.2, 0.25) is 0 Å². The van der Waals surface area contributed by atoms with E-state index in [1.807, 2.05) is 30.3 Å². The van der Waals surface area contributed by atoms with Gasteiger partial charge in [-0.3, -0.25) is 14.9 Å². The Morgan fingerprint density at radius 3 is 2.45 bits per heavy atom. The molecule has 162 valence electrons. The highest BCUT2D eigenvalue weighted by atomic mass is 16.6. The highest BCUT2D eigenvalue weighted by Gasteiger charge is 2.35. The number of rotatable bonds is 8. The van der Waals surface area contributed by atoms with Crippen LogP contribution >= 0.6 is 0 Å². The van der Waals surface area contributed by atoms with E-state index in [1.54, 1.807) is 13.8 Å². The number of benzene rings is 2. The summed E-state index contributed by atoms with van der Waals surface area (Å²) in [6.45, 7) is 5.19. The molecule has 2 aromatic rings. The van der Waals surface area contributed by atoms with Gasteiger partial charge < -0.3 is 20.1 Å². The van der Waals surface area contributed by atoms with E-state index in [-0.39, 0.29) is 40.7 Å². The van der Waals surface area contributed by atoms with Crippen molar-refractivity contribution in [1.82, 2.24) is 10.6 Å². The van der Waals surface area contributed by atoms with Gasteiger partial charge in [0, 0.05) is 11.3 Å². The largest absolute Gasteiger partial charge is 0.490 e. The number of Topliss-reactive ketones (excluding diaryl/α,β-unsaturated/α-hetero) is 1. The number of nitro groups is 1. The second-order valence-electron chi connectivity index (χ2n) is 6.95. The van der Waals surface area contributed by atoms with Gasteiger partial charge in [-0.05, 0) is 32.4 Å². The Labute approximate surface area is 179 Å². The van der Waals surface area contributed by atoms with Crippen LogP contribution in [-0.2, 0) is 11.4 Å². The number of carbonyl (C=O) groups is 2. The number of nitro benzene ring substituents is 1. The molecule has 0 bridgehead atoms. The van der Waals surface area contributed by atoms with E-state index in [0.717, 1.165) is 5.56 Å². The number of hydrogen-bond donors (Lipinski definition) is 2. The average molecular weight is 425 g/mol. The molecule has 0 saturated heterocycles. The molecule has 0 radical (unpaired) electrons. The Hall–Kier alpha value is -3.88. The first-order valence-corrected chi connectivity index (χ1v) is 9.72. The molecule has 2 aromatic carbocycles. The van der Waals surface area contributed by atoms with Crippen LogP contribution in [-0.4, -0.2) is 23.3 Å². The Kier molecular flexibility index (Phi) is 6.54. The second kappa shape index (κ2) is 9.29. The van der Waals surface area contributed by atoms with Gasteiger partial charge in [-0.2, -0.15) is 0 Å². The van der Waals surface area contributed by atoms with E-state index in [4.69, 9.17) is 9.47 Å². The number of ketones is 1. The SMILES string of the molecule is CCOc1cc([C@@H]2NC(=O)NC(C)=C2C(C)=O)c([N+](=O)[O-])cc1OCc1ccccc1. The van der Waals surface area contributed by atoms with Crippen LogP contribution in [0.15, 0.2) is 53.7 Å². The van der Waals surface area contributed by atoms with Crippen LogP contribution in [0.2, 0.25) is 0 Å². The zero-order chi connectivity index (χ0) is 22.5. The molecule has 1 aliphatic heterocycles. The lowest BCUT2D eigenvalue weighted by Gasteiger charge is -2.28. The molecule has 0 aromatic heterocycles. The van der Waals surface area contributed by atoms with Crippen molar-refractivity contribution in [2.75, 3.05) is 6.61 Å². The highest BCUT2D eigenvalue weighted by molar-refractivity contribution is 5.98. The van der Waals surface area contributed by atoms with Crippen LogP contribution in [0.5, 0.6) is 11.5 Å². The van der Waals surface area contributed by atoms with Crippen molar-refractivity contribution in [3.8, 4) is 11.5 Å². The molecule has 0 unspecified atom stereocenters. The zero-order valence-corrected chi connectivity index (χ0v) is 17.4. The molecular formula is C22H23N3O6. The first kappa shape index (κ1) is 21.8. The number of hydrogen-bond acceptors (Lipinski definition) is 6. The topological polar surface area (TPSA) is 120 Å². The molecule has 1 atom stereocenters. The smallest absolute Gasteiger partial charge is 0.319 e. The normalized spacial score (nSPS) is 15.7. The standard InChI is InChI=1S/C22H23N3O6/c1-4-30-18-10-16(21-20(14(3)26)13(2)23-22(27)24-21)17(25(28)29)11-19(18)31-12-15-8-6-5-7-9-15/h5-11,21H,4,12H2,1-3H3,(H2,23,24,27)/t21-/m0/s1. The predicted octanol–water partition coefficient (Wildman–Crippen LogP) is 3.79. The minimum Gasteiger partial charge on any atom is -0.490 e. The number of allylic oxidation sites excluding steroid dienone is 1. The Morgan fingerprint density at radius 2 is 1.84 bits per heavy atom. The highest BCUT2D eigenvalue weighted by Crippen LogP contribution is 2.41. The van der Waals surface area contributed by atoms with E-state index in [1.165, 1.54) is 19.1 Å². The molecule has 9 heteroatoms. The van der Waals surface area contributed by atoms with Crippen molar-refractivity contribution in [3.63, 3.8) is 0 Å². The van der Waals surface area contributed by atoms with Crippen molar-refractivity contribution < 1.29 is 24.0 Å². The van der Waals surface area contributed by atoms with Gasteiger partial charge in [0.25, 0.3) is 5.69 Å². The minimum atomic E-state index is -0.992. The molecule has 2 N–H and O–H groups in total. The van der Waals surface area contributed by atoms with Crippen molar-refractivity contribution >= 4 is 17.5 Å². The molecule has 9 nitrogen and oxygen atoms in total. The molecule has 0 aliphatic carbocycles. The summed E-state index contributed by atoms with van der Waals surface area (Å²) in [7, 11) is 0. The van der Waals surface area contributed by atoms with Crippen molar-refractivity contribution in [2.45, 2.75) is 33.4 Å². The predicted molar refractivity (Wildman–Crippen MR) is 113 cm³/mol. The Balaban J connectivity index is 2.09. The summed E-state index contributed by atoms with van der Waals surface area (Å²) >= 11 is 0. The summed E-state index contributed by atoms with van der Waals surface area (Å²) in [5.41, 5.74) is 1.32. The molecule has 0 spiro atoms. The number of amides is 2. The first-order chi connectivity index (χ1) is 14.8. The Bertz CT molecular complexity index is 1050. The van der Waals surface area contributed by atoms with Crippen molar-refractivity contribution in [1.29, 1.82) is 0 Å². The van der Waals surface area contributed by atoms with Crippen LogP contribution in [0.3, 0.4) is 0 Å². The lowest BCUT2D eigenvalue weighted by molar-refractivity contribution is -0.385.